The number of benzene rings is 1. The molecule has 0 spiro atoms. The molecule has 1 rings (SSSR count). The van der Waals surface area contributed by atoms with Crippen molar-refractivity contribution >= 4 is 51.6 Å². The molecule has 0 atom stereocenters. The number of halogens is 3. The van der Waals surface area contributed by atoms with Crippen LogP contribution in [0.1, 0.15) is 20.7 Å². The molecule has 0 aromatic heterocycles. The van der Waals surface area contributed by atoms with Gasteiger partial charge in [-0.1, -0.05) is 0 Å². The molecule has 1 radical (unpaired) electrons. The van der Waals surface area contributed by atoms with Gasteiger partial charge in [0.05, 0.1) is 14.2 Å². The zero-order valence-corrected chi connectivity index (χ0v) is 14.3. The van der Waals surface area contributed by atoms with Gasteiger partial charge >= 0.3 is 11.9 Å². The van der Waals surface area contributed by atoms with Crippen LogP contribution in [0, 0.1) is 17.5 Å². The van der Waals surface area contributed by atoms with Crippen molar-refractivity contribution in [3.63, 3.8) is 0 Å². The number of ether oxygens (including phenoxy) is 2. The summed E-state index contributed by atoms with van der Waals surface area (Å²) in [5.74, 6) is -9.92. The third-order valence-electron chi connectivity index (χ3n) is 2.31. The molecular weight excluding hydrogens is 344 g/mol. The zero-order valence-electron chi connectivity index (χ0n) is 11.4. The Kier molecular flexibility index (Phi) is 7.03. The Hall–Kier alpha value is -1.14. The van der Waals surface area contributed by atoms with E-state index in [1.54, 1.807) is 0 Å². The Labute approximate surface area is 144 Å². The smallest absolute Gasteiger partial charge is 0.343 e. The number of carbonyl (C=O) groups is 2. The first-order valence-electron chi connectivity index (χ1n) is 4.92. The fourth-order valence-electron chi connectivity index (χ4n) is 1.43. The van der Waals surface area contributed by atoms with Gasteiger partial charge in [0.15, 0.2) is 22.3 Å². The monoisotopic (exact) mass is 351 g/mol. The van der Waals surface area contributed by atoms with Crippen LogP contribution in [-0.2, 0) is 19.6 Å². The van der Waals surface area contributed by atoms with Gasteiger partial charge in [0.25, 0.3) is 10.1 Å². The number of rotatable bonds is 3. The Morgan fingerprint density at radius 3 is 1.45 bits per heavy atom. The molecule has 1 N–H and O–H groups in total. The summed E-state index contributed by atoms with van der Waals surface area (Å²) >= 11 is 0. The standard InChI is InChI=1S/C10H7F3O7S.Na/c1-19-9(14)3-5(11)4(10(15)20-2)7(13)8(6(3)12)21(16,17)18;/h1-2H3,(H,16,17,18);. The third kappa shape index (κ3) is 3.60. The molecule has 0 saturated carbocycles. The molecule has 0 aliphatic heterocycles. The predicted molar refractivity (Wildman–Crippen MR) is 64.6 cm³/mol. The van der Waals surface area contributed by atoms with Crippen LogP contribution in [0.15, 0.2) is 4.90 Å². The van der Waals surface area contributed by atoms with E-state index < -0.39 is 55.5 Å². The van der Waals surface area contributed by atoms with Crippen LogP contribution in [0.25, 0.3) is 0 Å². The van der Waals surface area contributed by atoms with Crippen molar-refractivity contribution in [2.45, 2.75) is 4.90 Å². The van der Waals surface area contributed by atoms with Crippen LogP contribution in [0.5, 0.6) is 0 Å². The molecule has 0 aliphatic rings. The second kappa shape index (κ2) is 7.42. The van der Waals surface area contributed by atoms with Crippen molar-refractivity contribution < 1.29 is 45.2 Å². The summed E-state index contributed by atoms with van der Waals surface area (Å²) in [7, 11) is -4.13. The average Bonchev–Trinajstić information content (AvgIpc) is 2.35. The first-order chi connectivity index (χ1) is 9.57. The topological polar surface area (TPSA) is 107 Å². The number of hydrogen-bond donors (Lipinski definition) is 1. The van der Waals surface area contributed by atoms with Crippen molar-refractivity contribution in [1.82, 2.24) is 0 Å². The van der Waals surface area contributed by atoms with Gasteiger partial charge in [-0.25, -0.2) is 22.8 Å². The van der Waals surface area contributed by atoms with Gasteiger partial charge in [0.2, 0.25) is 0 Å². The Balaban J connectivity index is 0.00000441. The van der Waals surface area contributed by atoms with Crippen molar-refractivity contribution in [2.24, 2.45) is 0 Å². The second-order valence-electron chi connectivity index (χ2n) is 3.48. The fraction of sp³-hybridized carbons (Fsp3) is 0.200. The minimum atomic E-state index is -5.54. The Bertz CT molecular complexity index is 690. The van der Waals surface area contributed by atoms with E-state index in [0.29, 0.717) is 14.2 Å². The molecule has 0 bridgehead atoms. The fourth-order valence-corrected chi connectivity index (χ4v) is 2.09. The quantitative estimate of drug-likeness (QED) is 0.481. The van der Waals surface area contributed by atoms with E-state index in [1.165, 1.54) is 0 Å². The van der Waals surface area contributed by atoms with Crippen molar-refractivity contribution in [3.8, 4) is 0 Å². The van der Waals surface area contributed by atoms with E-state index in [2.05, 4.69) is 9.47 Å². The molecule has 0 amide bonds. The summed E-state index contributed by atoms with van der Waals surface area (Å²) < 4.78 is 80.2. The van der Waals surface area contributed by atoms with Gasteiger partial charge in [-0.3, -0.25) is 4.55 Å². The minimum Gasteiger partial charge on any atom is -0.465 e. The van der Waals surface area contributed by atoms with E-state index in [9.17, 15) is 31.2 Å². The molecule has 0 fully saturated rings. The van der Waals surface area contributed by atoms with E-state index in [4.69, 9.17) is 4.55 Å². The minimum absolute atomic E-state index is 0. The number of esters is 2. The molecule has 1 aromatic carbocycles. The van der Waals surface area contributed by atoms with Crippen LogP contribution in [0.2, 0.25) is 0 Å². The van der Waals surface area contributed by atoms with Crippen molar-refractivity contribution in [3.05, 3.63) is 28.6 Å². The zero-order chi connectivity index (χ0) is 16.5. The maximum absolute atomic E-state index is 13.9. The maximum Gasteiger partial charge on any atom is 0.343 e. The molecule has 12 heteroatoms. The summed E-state index contributed by atoms with van der Waals surface area (Å²) in [4.78, 5) is 20.4. The summed E-state index contributed by atoms with van der Waals surface area (Å²) in [6, 6.07) is 0. The third-order valence-corrected chi connectivity index (χ3v) is 3.19. The van der Waals surface area contributed by atoms with Crippen LogP contribution in [-0.4, -0.2) is 68.7 Å². The first-order valence-corrected chi connectivity index (χ1v) is 6.36. The molecular formula is C10H7F3NaO7S. The molecule has 0 aliphatic carbocycles. The number of carbonyl (C=O) groups excluding carboxylic acids is 2. The summed E-state index contributed by atoms with van der Waals surface area (Å²) in [5.41, 5.74) is -3.32. The van der Waals surface area contributed by atoms with Gasteiger partial charge in [-0.05, 0) is 0 Å². The van der Waals surface area contributed by atoms with E-state index in [-0.39, 0.29) is 29.6 Å². The average molecular weight is 351 g/mol. The number of hydrogen-bond acceptors (Lipinski definition) is 6. The molecule has 117 valence electrons. The SMILES string of the molecule is COC(=O)c1c(F)c(C(=O)OC)c(F)c(S(=O)(=O)O)c1F.[Na]. The van der Waals surface area contributed by atoms with Crippen LogP contribution < -0.4 is 0 Å². The van der Waals surface area contributed by atoms with Crippen LogP contribution >= 0.6 is 0 Å². The van der Waals surface area contributed by atoms with Crippen molar-refractivity contribution in [1.29, 1.82) is 0 Å². The molecule has 1 aromatic rings. The molecule has 0 heterocycles. The first kappa shape index (κ1) is 20.9. The van der Waals surface area contributed by atoms with E-state index >= 15 is 0 Å². The van der Waals surface area contributed by atoms with Crippen LogP contribution in [0.4, 0.5) is 13.2 Å². The predicted octanol–water partition coefficient (Wildman–Crippen LogP) is 0.543. The molecule has 22 heavy (non-hydrogen) atoms. The second-order valence-corrected chi connectivity index (χ2v) is 4.84. The van der Waals surface area contributed by atoms with E-state index in [1.807, 2.05) is 0 Å². The molecule has 0 saturated heterocycles. The summed E-state index contributed by atoms with van der Waals surface area (Å²) in [6.45, 7) is 0. The number of methoxy groups -OCH3 is 2. The van der Waals surface area contributed by atoms with Crippen LogP contribution in [0.3, 0.4) is 0 Å². The normalized spacial score (nSPS) is 10.6. The van der Waals surface area contributed by atoms with Gasteiger partial charge in [0.1, 0.15) is 11.1 Å². The van der Waals surface area contributed by atoms with Gasteiger partial charge in [0, 0.05) is 29.6 Å². The Morgan fingerprint density at radius 2 is 1.23 bits per heavy atom. The molecule has 0 unspecified atom stereocenters. The Morgan fingerprint density at radius 1 is 0.909 bits per heavy atom. The largest absolute Gasteiger partial charge is 0.465 e. The maximum atomic E-state index is 13.9. The van der Waals surface area contributed by atoms with Gasteiger partial charge in [-0.2, -0.15) is 8.42 Å². The summed E-state index contributed by atoms with van der Waals surface area (Å²) in [6.07, 6.45) is 0. The van der Waals surface area contributed by atoms with Gasteiger partial charge < -0.3 is 9.47 Å². The van der Waals surface area contributed by atoms with Crippen molar-refractivity contribution in [2.75, 3.05) is 14.2 Å². The van der Waals surface area contributed by atoms with Gasteiger partial charge in [-0.15, -0.1) is 0 Å². The summed E-state index contributed by atoms with van der Waals surface area (Å²) in [5, 5.41) is 0. The van der Waals surface area contributed by atoms with E-state index in [0.717, 1.165) is 0 Å². The molecule has 7 nitrogen and oxygen atoms in total.